The highest BCUT2D eigenvalue weighted by Gasteiger charge is 2.07. The van der Waals surface area contributed by atoms with Crippen LogP contribution in [0.25, 0.3) is 20.8 Å². The van der Waals surface area contributed by atoms with Crippen molar-refractivity contribution in [3.05, 3.63) is 41.1 Å². The van der Waals surface area contributed by atoms with Gasteiger partial charge in [0.1, 0.15) is 10.5 Å². The molecule has 0 radical (unpaired) electrons. The Morgan fingerprint density at radius 1 is 1.24 bits per heavy atom. The molecule has 1 aromatic carbocycles. The second-order valence-corrected chi connectivity index (χ2v) is 5.48. The summed E-state index contributed by atoms with van der Waals surface area (Å²) in [7, 11) is 0. The largest absolute Gasteiger partial charge is 0.398 e. The van der Waals surface area contributed by atoms with E-state index >= 15 is 0 Å². The van der Waals surface area contributed by atoms with Gasteiger partial charge in [-0.25, -0.2) is 4.98 Å². The average molecular weight is 306 g/mol. The molecule has 0 fully saturated rings. The first-order valence-electron chi connectivity index (χ1n) is 5.00. The standard InChI is InChI=1S/C12H8BrN3S/c13-8-5-7(1-2-9(8)14)12-16-10-6-15-4-3-11(10)17-12/h1-6H,14H2. The second-order valence-electron chi connectivity index (χ2n) is 3.60. The molecule has 0 aliphatic carbocycles. The average Bonchev–Trinajstić information content (AvgIpc) is 2.76. The second kappa shape index (κ2) is 4.09. The minimum absolute atomic E-state index is 0.733. The molecular weight excluding hydrogens is 298 g/mol. The molecular formula is C12H8BrN3S. The summed E-state index contributed by atoms with van der Waals surface area (Å²) in [6.07, 6.45) is 3.56. The molecule has 17 heavy (non-hydrogen) atoms. The Hall–Kier alpha value is -1.46. The van der Waals surface area contributed by atoms with Crippen molar-refractivity contribution in [1.29, 1.82) is 0 Å². The quantitative estimate of drug-likeness (QED) is 0.697. The van der Waals surface area contributed by atoms with Crippen LogP contribution in [0.15, 0.2) is 41.1 Å². The number of aromatic nitrogens is 2. The zero-order chi connectivity index (χ0) is 11.8. The first-order chi connectivity index (χ1) is 8.24. The minimum atomic E-state index is 0.733. The van der Waals surface area contributed by atoms with Gasteiger partial charge >= 0.3 is 0 Å². The van der Waals surface area contributed by atoms with Crippen LogP contribution in [0.2, 0.25) is 0 Å². The summed E-state index contributed by atoms with van der Waals surface area (Å²) in [5, 5.41) is 0.980. The molecule has 0 saturated heterocycles. The van der Waals surface area contributed by atoms with Crippen LogP contribution in [-0.4, -0.2) is 9.97 Å². The zero-order valence-electron chi connectivity index (χ0n) is 8.72. The van der Waals surface area contributed by atoms with Gasteiger partial charge in [-0.2, -0.15) is 0 Å². The molecule has 3 aromatic rings. The number of hydrogen-bond donors (Lipinski definition) is 1. The molecule has 0 unspecified atom stereocenters. The van der Waals surface area contributed by atoms with Gasteiger partial charge in [-0.05, 0) is 40.2 Å². The lowest BCUT2D eigenvalue weighted by Gasteiger charge is -2.00. The first kappa shape index (κ1) is 10.7. The summed E-state index contributed by atoms with van der Waals surface area (Å²) in [6.45, 7) is 0. The molecule has 84 valence electrons. The van der Waals surface area contributed by atoms with E-state index in [1.54, 1.807) is 23.7 Å². The topological polar surface area (TPSA) is 51.8 Å². The Labute approximate surface area is 110 Å². The van der Waals surface area contributed by atoms with E-state index in [1.807, 2.05) is 24.3 Å². The van der Waals surface area contributed by atoms with Crippen molar-refractivity contribution < 1.29 is 0 Å². The van der Waals surface area contributed by atoms with E-state index in [2.05, 4.69) is 25.9 Å². The Bertz CT molecular complexity index is 660. The number of rotatable bonds is 1. The lowest BCUT2D eigenvalue weighted by Crippen LogP contribution is -1.86. The van der Waals surface area contributed by atoms with Crippen LogP contribution in [-0.2, 0) is 0 Å². The van der Waals surface area contributed by atoms with E-state index in [9.17, 15) is 0 Å². The molecule has 3 nitrogen and oxygen atoms in total. The predicted octanol–water partition coefficient (Wildman–Crippen LogP) is 3.70. The highest BCUT2D eigenvalue weighted by Crippen LogP contribution is 2.32. The van der Waals surface area contributed by atoms with E-state index < -0.39 is 0 Å². The van der Waals surface area contributed by atoms with Crippen molar-refractivity contribution in [2.45, 2.75) is 0 Å². The third-order valence-electron chi connectivity index (χ3n) is 2.44. The molecule has 0 aliphatic rings. The number of pyridine rings is 1. The van der Waals surface area contributed by atoms with Crippen molar-refractivity contribution in [3.63, 3.8) is 0 Å². The fourth-order valence-corrected chi connectivity index (χ4v) is 2.87. The summed E-state index contributed by atoms with van der Waals surface area (Å²) < 4.78 is 2.04. The number of benzene rings is 1. The van der Waals surface area contributed by atoms with Gasteiger partial charge in [0.15, 0.2) is 0 Å². The van der Waals surface area contributed by atoms with Crippen molar-refractivity contribution in [1.82, 2.24) is 9.97 Å². The third kappa shape index (κ3) is 1.92. The maximum Gasteiger partial charge on any atom is 0.124 e. The van der Waals surface area contributed by atoms with Crippen LogP contribution < -0.4 is 5.73 Å². The molecule has 3 rings (SSSR count). The van der Waals surface area contributed by atoms with E-state index in [-0.39, 0.29) is 0 Å². The number of halogens is 1. The summed E-state index contributed by atoms with van der Waals surface area (Å²) in [5.41, 5.74) is 8.49. The van der Waals surface area contributed by atoms with E-state index in [1.165, 1.54) is 0 Å². The Balaban J connectivity index is 2.17. The van der Waals surface area contributed by atoms with Crippen LogP contribution in [0.3, 0.4) is 0 Å². The van der Waals surface area contributed by atoms with Crippen molar-refractivity contribution in [3.8, 4) is 10.6 Å². The SMILES string of the molecule is Nc1ccc(-c2nc3cnccc3s2)cc1Br. The van der Waals surface area contributed by atoms with Crippen molar-refractivity contribution >= 4 is 43.2 Å². The highest BCUT2D eigenvalue weighted by atomic mass is 79.9. The van der Waals surface area contributed by atoms with Crippen LogP contribution in [0.4, 0.5) is 5.69 Å². The van der Waals surface area contributed by atoms with E-state index in [4.69, 9.17) is 5.73 Å². The van der Waals surface area contributed by atoms with Crippen LogP contribution in [0, 0.1) is 0 Å². The monoisotopic (exact) mass is 305 g/mol. The summed E-state index contributed by atoms with van der Waals surface area (Å²) in [6, 6.07) is 7.82. The summed E-state index contributed by atoms with van der Waals surface area (Å²) >= 11 is 5.08. The van der Waals surface area contributed by atoms with Gasteiger partial charge < -0.3 is 5.73 Å². The van der Waals surface area contributed by atoms with Crippen molar-refractivity contribution in [2.24, 2.45) is 0 Å². The van der Waals surface area contributed by atoms with Crippen LogP contribution in [0.5, 0.6) is 0 Å². The third-order valence-corrected chi connectivity index (χ3v) is 4.21. The van der Waals surface area contributed by atoms with E-state index in [0.717, 1.165) is 30.9 Å². The lowest BCUT2D eigenvalue weighted by molar-refractivity contribution is 1.34. The van der Waals surface area contributed by atoms with Gasteiger partial charge in [0.05, 0.1) is 10.9 Å². The molecule has 5 heteroatoms. The summed E-state index contributed by atoms with van der Waals surface area (Å²) in [5.74, 6) is 0. The molecule has 2 N–H and O–H groups in total. The van der Waals surface area contributed by atoms with Gasteiger partial charge in [-0.15, -0.1) is 11.3 Å². The minimum Gasteiger partial charge on any atom is -0.398 e. The van der Waals surface area contributed by atoms with Gasteiger partial charge in [-0.1, -0.05) is 0 Å². The molecule has 0 amide bonds. The number of nitrogens with two attached hydrogens (primary N) is 1. The lowest BCUT2D eigenvalue weighted by atomic mass is 10.2. The number of anilines is 1. The van der Waals surface area contributed by atoms with Crippen molar-refractivity contribution in [2.75, 3.05) is 5.73 Å². The smallest absolute Gasteiger partial charge is 0.124 e. The van der Waals surface area contributed by atoms with Crippen LogP contribution >= 0.6 is 27.3 Å². The number of fused-ring (bicyclic) bond motifs is 1. The number of hydrogen-bond acceptors (Lipinski definition) is 4. The zero-order valence-corrected chi connectivity index (χ0v) is 11.1. The predicted molar refractivity (Wildman–Crippen MR) is 75.0 cm³/mol. The fraction of sp³-hybridized carbons (Fsp3) is 0. The highest BCUT2D eigenvalue weighted by molar-refractivity contribution is 9.10. The fourth-order valence-electron chi connectivity index (χ4n) is 1.56. The van der Waals surface area contributed by atoms with Gasteiger partial charge in [0, 0.05) is 21.9 Å². The number of nitrogen functional groups attached to an aromatic ring is 1. The Kier molecular flexibility index (Phi) is 2.57. The molecule has 0 spiro atoms. The Morgan fingerprint density at radius 3 is 2.88 bits per heavy atom. The molecule has 0 atom stereocenters. The molecule has 0 aliphatic heterocycles. The summed E-state index contributed by atoms with van der Waals surface area (Å²) in [4.78, 5) is 8.61. The molecule has 2 heterocycles. The van der Waals surface area contributed by atoms with Gasteiger partial charge in [0.25, 0.3) is 0 Å². The molecule has 2 aromatic heterocycles. The van der Waals surface area contributed by atoms with E-state index in [0.29, 0.717) is 0 Å². The maximum absolute atomic E-state index is 5.77. The van der Waals surface area contributed by atoms with Gasteiger partial charge in [-0.3, -0.25) is 4.98 Å². The molecule has 0 bridgehead atoms. The van der Waals surface area contributed by atoms with Gasteiger partial charge in [0.2, 0.25) is 0 Å². The first-order valence-corrected chi connectivity index (χ1v) is 6.61. The maximum atomic E-state index is 5.77. The molecule has 0 saturated carbocycles. The number of thiazole rings is 1. The van der Waals surface area contributed by atoms with Crippen LogP contribution in [0.1, 0.15) is 0 Å². The Morgan fingerprint density at radius 2 is 2.12 bits per heavy atom. The number of nitrogens with zero attached hydrogens (tertiary/aromatic N) is 2. The normalized spacial score (nSPS) is 10.9.